The van der Waals surface area contributed by atoms with Gasteiger partial charge in [0.05, 0.1) is 11.8 Å². The van der Waals surface area contributed by atoms with E-state index in [2.05, 4.69) is 4.72 Å². The average molecular weight is 302 g/mol. The molecule has 0 saturated carbocycles. The number of hydrogen-bond donors (Lipinski definition) is 2. The maximum Gasteiger partial charge on any atom is 0.318 e. The van der Waals surface area contributed by atoms with E-state index in [0.29, 0.717) is 10.1 Å². The van der Waals surface area contributed by atoms with Crippen LogP contribution in [0.2, 0.25) is 0 Å². The van der Waals surface area contributed by atoms with Gasteiger partial charge in [0.1, 0.15) is 12.3 Å². The quantitative estimate of drug-likeness (QED) is 0.787. The molecule has 1 aromatic carbocycles. The summed E-state index contributed by atoms with van der Waals surface area (Å²) >= 11 is 0. The Morgan fingerprint density at radius 3 is 2.55 bits per heavy atom. The minimum atomic E-state index is -3.94. The van der Waals surface area contributed by atoms with Crippen LogP contribution < -0.4 is 9.46 Å². The Kier molecular flexibility index (Phi) is 5.34. The van der Waals surface area contributed by atoms with Crippen LogP contribution in [-0.4, -0.2) is 43.5 Å². The van der Waals surface area contributed by atoms with Gasteiger partial charge in [0, 0.05) is 7.05 Å². The number of carboxylic acid groups (broad SMARTS) is 1. The molecule has 0 unspecified atom stereocenters. The first-order valence-corrected chi connectivity index (χ1v) is 7.38. The summed E-state index contributed by atoms with van der Waals surface area (Å²) in [7, 11) is -2.76. The van der Waals surface area contributed by atoms with Crippen LogP contribution >= 0.6 is 0 Å². The van der Waals surface area contributed by atoms with Gasteiger partial charge < -0.3 is 9.84 Å². The maximum absolute atomic E-state index is 12.0. The highest BCUT2D eigenvalue weighted by atomic mass is 32.2. The lowest BCUT2D eigenvalue weighted by Crippen LogP contribution is -2.36. The van der Waals surface area contributed by atoms with E-state index in [1.54, 1.807) is 24.3 Å². The van der Waals surface area contributed by atoms with E-state index in [1.807, 2.05) is 13.8 Å². The topological polar surface area (TPSA) is 95.9 Å². The summed E-state index contributed by atoms with van der Waals surface area (Å²) in [5.41, 5.74) is 0.262. The Bertz CT molecular complexity index is 571. The fourth-order valence-electron chi connectivity index (χ4n) is 1.40. The summed E-state index contributed by atoms with van der Waals surface area (Å²) < 4.78 is 32.4. The SMILES string of the molecule is CC(C)Oc1ccccc1NS(=O)(=O)N(C)CC(=O)O. The van der Waals surface area contributed by atoms with Gasteiger partial charge in [-0.05, 0) is 26.0 Å². The first kappa shape index (κ1) is 16.3. The number of aliphatic carboxylic acids is 1. The molecule has 1 rings (SSSR count). The van der Waals surface area contributed by atoms with Crippen molar-refractivity contribution in [2.24, 2.45) is 0 Å². The van der Waals surface area contributed by atoms with Crippen LogP contribution in [0.1, 0.15) is 13.8 Å². The van der Waals surface area contributed by atoms with E-state index in [0.717, 1.165) is 0 Å². The van der Waals surface area contributed by atoms with Gasteiger partial charge in [0.15, 0.2) is 0 Å². The Morgan fingerprint density at radius 1 is 1.40 bits per heavy atom. The fourth-order valence-corrected chi connectivity index (χ4v) is 2.28. The van der Waals surface area contributed by atoms with Gasteiger partial charge in [0.2, 0.25) is 0 Å². The normalized spacial score (nSPS) is 11.7. The Labute approximate surface area is 118 Å². The first-order valence-electron chi connectivity index (χ1n) is 5.94. The number of ether oxygens (including phenoxy) is 1. The van der Waals surface area contributed by atoms with Crippen molar-refractivity contribution in [3.05, 3.63) is 24.3 Å². The van der Waals surface area contributed by atoms with Crippen LogP contribution in [0.25, 0.3) is 0 Å². The molecular formula is C12H18N2O5S. The molecule has 0 aliphatic rings. The molecule has 0 aromatic heterocycles. The van der Waals surface area contributed by atoms with Crippen molar-refractivity contribution in [2.45, 2.75) is 20.0 Å². The van der Waals surface area contributed by atoms with Crippen molar-refractivity contribution in [3.8, 4) is 5.75 Å². The highest BCUT2D eigenvalue weighted by molar-refractivity contribution is 7.90. The van der Waals surface area contributed by atoms with Crippen molar-refractivity contribution in [2.75, 3.05) is 18.3 Å². The molecule has 1 aromatic rings. The second-order valence-corrected chi connectivity index (χ2v) is 6.20. The number of likely N-dealkylation sites (N-methyl/N-ethyl adjacent to an activating group) is 1. The molecule has 0 atom stereocenters. The maximum atomic E-state index is 12.0. The second kappa shape index (κ2) is 6.58. The van der Waals surface area contributed by atoms with Crippen LogP contribution in [0.4, 0.5) is 5.69 Å². The Morgan fingerprint density at radius 2 is 2.00 bits per heavy atom. The summed E-state index contributed by atoms with van der Waals surface area (Å²) in [6.45, 7) is 3.02. The zero-order valence-corrected chi connectivity index (χ0v) is 12.3. The van der Waals surface area contributed by atoms with Crippen molar-refractivity contribution in [3.63, 3.8) is 0 Å². The van der Waals surface area contributed by atoms with Gasteiger partial charge >= 0.3 is 16.2 Å². The van der Waals surface area contributed by atoms with E-state index < -0.39 is 22.7 Å². The molecule has 8 heteroatoms. The van der Waals surface area contributed by atoms with E-state index in [4.69, 9.17) is 9.84 Å². The van der Waals surface area contributed by atoms with Crippen molar-refractivity contribution >= 4 is 21.9 Å². The van der Waals surface area contributed by atoms with E-state index in [1.165, 1.54) is 7.05 Å². The van der Waals surface area contributed by atoms with Crippen LogP contribution in [0.5, 0.6) is 5.75 Å². The largest absolute Gasteiger partial charge is 0.489 e. The molecule has 2 N–H and O–H groups in total. The van der Waals surface area contributed by atoms with Gasteiger partial charge in [-0.25, -0.2) is 0 Å². The molecule has 0 saturated heterocycles. The third-order valence-electron chi connectivity index (χ3n) is 2.26. The molecule has 0 heterocycles. The molecule has 20 heavy (non-hydrogen) atoms. The number of carbonyl (C=O) groups is 1. The Hall–Kier alpha value is -1.80. The summed E-state index contributed by atoms with van der Waals surface area (Å²) in [6, 6.07) is 6.55. The van der Waals surface area contributed by atoms with Crippen LogP contribution in [-0.2, 0) is 15.0 Å². The van der Waals surface area contributed by atoms with E-state index in [-0.39, 0.29) is 11.8 Å². The molecule has 0 bridgehead atoms. The van der Waals surface area contributed by atoms with Gasteiger partial charge in [-0.2, -0.15) is 12.7 Å². The third-order valence-corrected chi connectivity index (χ3v) is 3.68. The van der Waals surface area contributed by atoms with Gasteiger partial charge in [-0.3, -0.25) is 9.52 Å². The molecule has 0 radical (unpaired) electrons. The zero-order chi connectivity index (χ0) is 15.3. The van der Waals surface area contributed by atoms with Crippen molar-refractivity contribution in [1.29, 1.82) is 0 Å². The lowest BCUT2D eigenvalue weighted by molar-refractivity contribution is -0.137. The summed E-state index contributed by atoms with van der Waals surface area (Å²) in [5, 5.41) is 8.63. The molecule has 0 spiro atoms. The van der Waals surface area contributed by atoms with Crippen LogP contribution in [0.15, 0.2) is 24.3 Å². The molecule has 112 valence electrons. The minimum Gasteiger partial charge on any atom is -0.489 e. The average Bonchev–Trinajstić information content (AvgIpc) is 2.29. The number of nitrogens with one attached hydrogen (secondary N) is 1. The van der Waals surface area contributed by atoms with Crippen molar-refractivity contribution < 1.29 is 23.1 Å². The molecular weight excluding hydrogens is 284 g/mol. The number of hydrogen-bond acceptors (Lipinski definition) is 4. The summed E-state index contributed by atoms with van der Waals surface area (Å²) in [6.07, 6.45) is -0.114. The lowest BCUT2D eigenvalue weighted by atomic mass is 10.3. The number of rotatable bonds is 7. The number of para-hydroxylation sites is 2. The molecule has 7 nitrogen and oxygen atoms in total. The number of carboxylic acids is 1. The first-order chi connectivity index (χ1) is 9.22. The standard InChI is InChI=1S/C12H18N2O5S/c1-9(2)19-11-7-5-4-6-10(11)13-20(17,18)14(3)8-12(15)16/h4-7,9,13H,8H2,1-3H3,(H,15,16). The number of nitrogens with zero attached hydrogens (tertiary/aromatic N) is 1. The monoisotopic (exact) mass is 302 g/mol. The molecule has 0 aliphatic carbocycles. The van der Waals surface area contributed by atoms with Crippen LogP contribution in [0, 0.1) is 0 Å². The van der Waals surface area contributed by atoms with E-state index >= 15 is 0 Å². The van der Waals surface area contributed by atoms with Gasteiger partial charge in [-0.15, -0.1) is 0 Å². The van der Waals surface area contributed by atoms with Crippen molar-refractivity contribution in [1.82, 2.24) is 4.31 Å². The third kappa shape index (κ3) is 4.71. The molecule has 0 aliphatic heterocycles. The highest BCUT2D eigenvalue weighted by Crippen LogP contribution is 2.26. The molecule has 0 amide bonds. The lowest BCUT2D eigenvalue weighted by Gasteiger charge is -2.19. The number of benzene rings is 1. The van der Waals surface area contributed by atoms with Crippen LogP contribution in [0.3, 0.4) is 0 Å². The minimum absolute atomic E-state index is 0.114. The number of anilines is 1. The van der Waals surface area contributed by atoms with Gasteiger partial charge in [0.25, 0.3) is 0 Å². The Balaban J connectivity index is 2.95. The predicted molar refractivity (Wildman–Crippen MR) is 75.0 cm³/mol. The second-order valence-electron chi connectivity index (χ2n) is 4.42. The zero-order valence-electron chi connectivity index (χ0n) is 11.5. The van der Waals surface area contributed by atoms with E-state index in [9.17, 15) is 13.2 Å². The highest BCUT2D eigenvalue weighted by Gasteiger charge is 2.21. The predicted octanol–water partition coefficient (Wildman–Crippen LogP) is 1.15. The summed E-state index contributed by atoms with van der Waals surface area (Å²) in [5.74, 6) is -0.848. The van der Waals surface area contributed by atoms with Gasteiger partial charge in [-0.1, -0.05) is 12.1 Å². The molecule has 0 fully saturated rings. The summed E-state index contributed by atoms with van der Waals surface area (Å²) in [4.78, 5) is 10.6. The fraction of sp³-hybridized carbons (Fsp3) is 0.417. The smallest absolute Gasteiger partial charge is 0.318 e.